The Kier molecular flexibility index (Phi) is 3.26. The average molecular weight is 232 g/mol. The summed E-state index contributed by atoms with van der Waals surface area (Å²) >= 11 is 0. The maximum absolute atomic E-state index is 12.7. The Morgan fingerprint density at radius 2 is 1.88 bits per heavy atom. The summed E-state index contributed by atoms with van der Waals surface area (Å²) in [7, 11) is 1.15. The molecular formula is C11H11F3O2. The molecule has 0 atom stereocenters. The van der Waals surface area contributed by atoms with Crippen molar-refractivity contribution in [1.29, 1.82) is 0 Å². The van der Waals surface area contributed by atoms with Crippen LogP contribution in [0.4, 0.5) is 13.2 Å². The molecule has 0 aromatic heterocycles. The molecule has 0 spiro atoms. The molecule has 1 aromatic rings. The van der Waals surface area contributed by atoms with Crippen molar-refractivity contribution in [3.8, 4) is 5.75 Å². The van der Waals surface area contributed by atoms with Crippen molar-refractivity contribution < 1.29 is 22.7 Å². The topological polar surface area (TPSA) is 26.3 Å². The molecule has 0 fully saturated rings. The maximum atomic E-state index is 12.7. The number of Topliss-reactive ketones (excluding diaryl/α,β-unsaturated/α-hetero) is 1. The van der Waals surface area contributed by atoms with Gasteiger partial charge in [-0.1, -0.05) is 0 Å². The molecule has 0 aliphatic rings. The summed E-state index contributed by atoms with van der Waals surface area (Å²) in [4.78, 5) is 11.1. The molecule has 0 radical (unpaired) electrons. The molecule has 2 nitrogen and oxygen atoms in total. The molecule has 88 valence electrons. The van der Waals surface area contributed by atoms with E-state index in [0.717, 1.165) is 13.2 Å². The van der Waals surface area contributed by atoms with E-state index in [-0.39, 0.29) is 22.7 Å². The van der Waals surface area contributed by atoms with E-state index in [9.17, 15) is 18.0 Å². The molecule has 0 bridgehead atoms. The Balaban J connectivity index is 3.46. The number of hydrogen-bond donors (Lipinski definition) is 0. The number of alkyl halides is 3. The van der Waals surface area contributed by atoms with Crippen LogP contribution in [0, 0.1) is 6.92 Å². The van der Waals surface area contributed by atoms with E-state index >= 15 is 0 Å². The van der Waals surface area contributed by atoms with Crippen LogP contribution in [0.5, 0.6) is 5.75 Å². The van der Waals surface area contributed by atoms with E-state index in [1.807, 2.05) is 0 Å². The normalized spacial score (nSPS) is 11.4. The molecule has 0 amide bonds. The van der Waals surface area contributed by atoms with E-state index in [1.165, 1.54) is 19.9 Å². The van der Waals surface area contributed by atoms with Crippen LogP contribution in [0.1, 0.15) is 28.4 Å². The highest BCUT2D eigenvalue weighted by Gasteiger charge is 2.36. The molecule has 0 aliphatic heterocycles. The number of carbonyl (C=O) groups is 1. The molecule has 0 unspecified atom stereocenters. The first-order valence-corrected chi connectivity index (χ1v) is 4.54. The number of ketones is 1. The molecule has 0 saturated heterocycles. The van der Waals surface area contributed by atoms with Crippen LogP contribution in [0.25, 0.3) is 0 Å². The van der Waals surface area contributed by atoms with Crippen molar-refractivity contribution in [3.63, 3.8) is 0 Å². The number of benzene rings is 1. The van der Waals surface area contributed by atoms with Gasteiger partial charge in [-0.3, -0.25) is 4.79 Å². The first kappa shape index (κ1) is 12.5. The predicted molar refractivity (Wildman–Crippen MR) is 52.7 cm³/mol. The van der Waals surface area contributed by atoms with Gasteiger partial charge in [0.15, 0.2) is 5.78 Å². The number of aryl methyl sites for hydroxylation is 1. The summed E-state index contributed by atoms with van der Waals surface area (Å²) in [5.41, 5.74) is -0.639. The van der Waals surface area contributed by atoms with Crippen molar-refractivity contribution in [3.05, 3.63) is 28.8 Å². The van der Waals surface area contributed by atoms with Crippen molar-refractivity contribution in [2.24, 2.45) is 0 Å². The number of methoxy groups -OCH3 is 1. The predicted octanol–water partition coefficient (Wildman–Crippen LogP) is 3.23. The van der Waals surface area contributed by atoms with E-state index in [0.29, 0.717) is 0 Å². The lowest BCUT2D eigenvalue weighted by Gasteiger charge is -2.15. The number of carbonyl (C=O) groups excluding carboxylic acids is 1. The Bertz CT molecular complexity index is 422. The van der Waals surface area contributed by atoms with Gasteiger partial charge >= 0.3 is 6.18 Å². The maximum Gasteiger partial charge on any atom is 0.420 e. The first-order chi connectivity index (χ1) is 7.27. The Labute approximate surface area is 91.0 Å². The minimum Gasteiger partial charge on any atom is -0.496 e. The van der Waals surface area contributed by atoms with E-state index in [2.05, 4.69) is 4.74 Å². The lowest BCUT2D eigenvalue weighted by Crippen LogP contribution is -2.11. The average Bonchev–Trinajstić information content (AvgIpc) is 2.14. The third-order valence-corrected chi connectivity index (χ3v) is 2.21. The van der Waals surface area contributed by atoms with Crippen molar-refractivity contribution in [2.75, 3.05) is 7.11 Å². The highest BCUT2D eigenvalue weighted by Crippen LogP contribution is 2.39. The molecule has 0 saturated carbocycles. The Morgan fingerprint density at radius 1 is 1.31 bits per heavy atom. The molecule has 0 aliphatic carbocycles. The largest absolute Gasteiger partial charge is 0.496 e. The number of halogens is 3. The second-order valence-corrected chi connectivity index (χ2v) is 3.42. The van der Waals surface area contributed by atoms with Crippen molar-refractivity contribution in [2.45, 2.75) is 20.0 Å². The summed E-state index contributed by atoms with van der Waals surface area (Å²) < 4.78 is 42.7. The first-order valence-electron chi connectivity index (χ1n) is 4.54. The summed E-state index contributed by atoms with van der Waals surface area (Å²) in [6.45, 7) is 2.60. The Morgan fingerprint density at radius 3 is 2.25 bits per heavy atom. The number of rotatable bonds is 2. The van der Waals surface area contributed by atoms with Crippen LogP contribution in [0.2, 0.25) is 0 Å². The zero-order valence-corrected chi connectivity index (χ0v) is 9.11. The Hall–Kier alpha value is -1.52. The van der Waals surface area contributed by atoms with Gasteiger partial charge < -0.3 is 4.74 Å². The van der Waals surface area contributed by atoms with Gasteiger partial charge in [-0.05, 0) is 31.5 Å². The number of ether oxygens (including phenoxy) is 1. The molecule has 5 heteroatoms. The van der Waals surface area contributed by atoms with Crippen LogP contribution < -0.4 is 4.74 Å². The van der Waals surface area contributed by atoms with Crippen LogP contribution in [-0.2, 0) is 6.18 Å². The third-order valence-electron chi connectivity index (χ3n) is 2.21. The van der Waals surface area contributed by atoms with Gasteiger partial charge in [-0.2, -0.15) is 13.2 Å². The van der Waals surface area contributed by atoms with E-state index < -0.39 is 11.7 Å². The minimum atomic E-state index is -4.48. The van der Waals surface area contributed by atoms with Crippen molar-refractivity contribution >= 4 is 5.78 Å². The van der Waals surface area contributed by atoms with Crippen LogP contribution in [-0.4, -0.2) is 12.9 Å². The second kappa shape index (κ2) is 4.15. The molecule has 0 heterocycles. The van der Waals surface area contributed by atoms with Crippen LogP contribution in [0.3, 0.4) is 0 Å². The van der Waals surface area contributed by atoms with E-state index in [1.54, 1.807) is 0 Å². The van der Waals surface area contributed by atoms with Crippen LogP contribution in [0.15, 0.2) is 12.1 Å². The summed E-state index contributed by atoms with van der Waals surface area (Å²) in [5.74, 6) is -0.618. The smallest absolute Gasteiger partial charge is 0.420 e. The van der Waals surface area contributed by atoms with E-state index in [4.69, 9.17) is 0 Å². The zero-order chi connectivity index (χ0) is 12.5. The SMILES string of the molecule is COc1cc(C(C)=O)cc(C)c1C(F)(F)F. The summed E-state index contributed by atoms with van der Waals surface area (Å²) in [6.07, 6.45) is -4.48. The van der Waals surface area contributed by atoms with Crippen molar-refractivity contribution in [1.82, 2.24) is 0 Å². The fourth-order valence-corrected chi connectivity index (χ4v) is 1.48. The lowest BCUT2D eigenvalue weighted by atomic mass is 10.0. The quantitative estimate of drug-likeness (QED) is 0.732. The zero-order valence-electron chi connectivity index (χ0n) is 9.11. The molecular weight excluding hydrogens is 221 g/mol. The third kappa shape index (κ3) is 2.35. The molecule has 0 N–H and O–H groups in total. The van der Waals surface area contributed by atoms with Gasteiger partial charge in [-0.25, -0.2) is 0 Å². The lowest BCUT2D eigenvalue weighted by molar-refractivity contribution is -0.139. The minimum absolute atomic E-state index is 0.0166. The van der Waals surface area contributed by atoms with Gasteiger partial charge in [0.2, 0.25) is 0 Å². The van der Waals surface area contributed by atoms with Gasteiger partial charge in [-0.15, -0.1) is 0 Å². The van der Waals surface area contributed by atoms with Gasteiger partial charge in [0.1, 0.15) is 11.3 Å². The van der Waals surface area contributed by atoms with Gasteiger partial charge in [0.25, 0.3) is 0 Å². The standard InChI is InChI=1S/C11H11F3O2/c1-6-4-8(7(2)15)5-9(16-3)10(6)11(12,13)14/h4-5H,1-3H3. The fourth-order valence-electron chi connectivity index (χ4n) is 1.48. The van der Waals surface area contributed by atoms with Gasteiger partial charge in [0.05, 0.1) is 7.11 Å². The fraction of sp³-hybridized carbons (Fsp3) is 0.364. The summed E-state index contributed by atoms with van der Waals surface area (Å²) in [6, 6.07) is 2.33. The van der Waals surface area contributed by atoms with Crippen LogP contribution >= 0.6 is 0 Å². The monoisotopic (exact) mass is 232 g/mol. The molecule has 1 aromatic carbocycles. The summed E-state index contributed by atoms with van der Waals surface area (Å²) in [5, 5.41) is 0. The van der Waals surface area contributed by atoms with Gasteiger partial charge in [0, 0.05) is 5.56 Å². The highest BCUT2D eigenvalue weighted by molar-refractivity contribution is 5.94. The number of hydrogen-bond acceptors (Lipinski definition) is 2. The molecule has 1 rings (SSSR count). The molecule has 16 heavy (non-hydrogen) atoms. The second-order valence-electron chi connectivity index (χ2n) is 3.42. The highest BCUT2D eigenvalue weighted by atomic mass is 19.4.